The molecule has 2 aromatic carbocycles. The highest BCUT2D eigenvalue weighted by molar-refractivity contribution is 7.91. The molecule has 0 radical (unpaired) electrons. The number of rotatable bonds is 3. The Hall–Kier alpha value is -2.14. The Morgan fingerprint density at radius 3 is 1.65 bits per heavy atom. The second kappa shape index (κ2) is 7.77. The van der Waals surface area contributed by atoms with Gasteiger partial charge in [0.1, 0.15) is 6.61 Å². The van der Waals surface area contributed by atoms with Crippen molar-refractivity contribution in [3.63, 3.8) is 0 Å². The minimum atomic E-state index is -3.65. The van der Waals surface area contributed by atoms with Gasteiger partial charge in [0.2, 0.25) is 9.84 Å². The molecule has 1 aliphatic heterocycles. The lowest BCUT2D eigenvalue weighted by molar-refractivity contribution is -0.147. The average Bonchev–Trinajstić information content (AvgIpc) is 2.65. The number of carbonyl (C=O) groups is 1. The first-order valence-corrected chi connectivity index (χ1v) is 12.3. The van der Waals surface area contributed by atoms with Crippen LogP contribution in [0.15, 0.2) is 46.2 Å². The van der Waals surface area contributed by atoms with Gasteiger partial charge in [-0.3, -0.25) is 4.79 Å². The molecular formula is C26H34O4S. The van der Waals surface area contributed by atoms with Gasteiger partial charge in [0.15, 0.2) is 0 Å². The number of carbonyl (C=O) groups excluding carboxylic acids is 1. The standard InChI is InChI=1S/C26H34O4S/c1-16(2)24(27)30-15-21-19-13-17(25(3,4)5)9-11-22(19)31(28,29)23-12-10-18(14-20(21)23)26(6,7)8/h9-14,16,21H,15H2,1-8H3. The van der Waals surface area contributed by atoms with E-state index in [0.29, 0.717) is 20.9 Å². The van der Waals surface area contributed by atoms with E-state index in [4.69, 9.17) is 4.74 Å². The van der Waals surface area contributed by atoms with Crippen LogP contribution in [0.2, 0.25) is 0 Å². The maximum atomic E-state index is 13.5. The minimum absolute atomic E-state index is 0.119. The Kier molecular flexibility index (Phi) is 5.90. The van der Waals surface area contributed by atoms with Crippen LogP contribution in [0.1, 0.15) is 83.6 Å². The van der Waals surface area contributed by atoms with E-state index in [1.54, 1.807) is 26.0 Å². The lowest BCUT2D eigenvalue weighted by atomic mass is 9.81. The third kappa shape index (κ3) is 4.43. The molecule has 3 rings (SSSR count). The summed E-state index contributed by atoms with van der Waals surface area (Å²) in [6.07, 6.45) is 0. The van der Waals surface area contributed by atoms with Crippen molar-refractivity contribution in [3.05, 3.63) is 58.7 Å². The Morgan fingerprint density at radius 2 is 1.29 bits per heavy atom. The maximum absolute atomic E-state index is 13.5. The molecule has 0 unspecified atom stereocenters. The van der Waals surface area contributed by atoms with Crippen LogP contribution in [-0.4, -0.2) is 21.0 Å². The highest BCUT2D eigenvalue weighted by Crippen LogP contribution is 2.44. The average molecular weight is 443 g/mol. The fourth-order valence-corrected chi connectivity index (χ4v) is 5.62. The highest BCUT2D eigenvalue weighted by Gasteiger charge is 2.38. The second-order valence-corrected chi connectivity index (χ2v) is 12.7. The Morgan fingerprint density at radius 1 is 0.871 bits per heavy atom. The Bertz CT molecular complexity index is 1040. The van der Waals surface area contributed by atoms with Gasteiger partial charge in [-0.15, -0.1) is 0 Å². The molecule has 4 nitrogen and oxygen atoms in total. The lowest BCUT2D eigenvalue weighted by Crippen LogP contribution is -2.26. The van der Waals surface area contributed by atoms with Gasteiger partial charge in [-0.05, 0) is 45.2 Å². The summed E-state index contributed by atoms with van der Waals surface area (Å²) in [5.74, 6) is -0.857. The van der Waals surface area contributed by atoms with Crippen molar-refractivity contribution >= 4 is 15.8 Å². The summed E-state index contributed by atoms with van der Waals surface area (Å²) >= 11 is 0. The Balaban J connectivity index is 2.25. The van der Waals surface area contributed by atoms with E-state index in [9.17, 15) is 13.2 Å². The van der Waals surface area contributed by atoms with E-state index < -0.39 is 9.84 Å². The van der Waals surface area contributed by atoms with Crippen molar-refractivity contribution in [2.45, 2.75) is 81.9 Å². The number of fused-ring (bicyclic) bond motifs is 2. The predicted octanol–water partition coefficient (Wildman–Crippen LogP) is 5.76. The first-order chi connectivity index (χ1) is 14.1. The van der Waals surface area contributed by atoms with Crippen LogP contribution in [0.25, 0.3) is 0 Å². The van der Waals surface area contributed by atoms with Crippen LogP contribution >= 0.6 is 0 Å². The van der Waals surface area contributed by atoms with Gasteiger partial charge in [-0.1, -0.05) is 79.7 Å². The van der Waals surface area contributed by atoms with Gasteiger partial charge in [0.25, 0.3) is 0 Å². The molecular weight excluding hydrogens is 408 g/mol. The fraction of sp³-hybridized carbons (Fsp3) is 0.500. The van der Waals surface area contributed by atoms with Crippen molar-refractivity contribution in [1.82, 2.24) is 0 Å². The molecule has 168 valence electrons. The summed E-state index contributed by atoms with van der Waals surface area (Å²) in [6.45, 7) is 16.3. The Labute approximate surface area is 186 Å². The predicted molar refractivity (Wildman–Crippen MR) is 123 cm³/mol. The van der Waals surface area contributed by atoms with E-state index in [1.165, 1.54) is 0 Å². The number of sulfone groups is 1. The van der Waals surface area contributed by atoms with Crippen LogP contribution in [-0.2, 0) is 30.2 Å². The molecule has 0 fully saturated rings. The summed E-state index contributed by atoms with van der Waals surface area (Å²) in [4.78, 5) is 12.9. The van der Waals surface area contributed by atoms with Crippen LogP contribution in [0.5, 0.6) is 0 Å². The molecule has 1 heterocycles. The van der Waals surface area contributed by atoms with E-state index >= 15 is 0 Å². The number of hydrogen-bond acceptors (Lipinski definition) is 4. The molecule has 0 saturated carbocycles. The van der Waals surface area contributed by atoms with E-state index in [0.717, 1.165) is 11.1 Å². The minimum Gasteiger partial charge on any atom is -0.464 e. The third-order valence-electron chi connectivity index (χ3n) is 5.95. The topological polar surface area (TPSA) is 60.4 Å². The summed E-state index contributed by atoms with van der Waals surface area (Å²) in [5.41, 5.74) is 3.26. The van der Waals surface area contributed by atoms with Gasteiger partial charge < -0.3 is 4.74 Å². The molecule has 0 aliphatic carbocycles. The largest absolute Gasteiger partial charge is 0.464 e. The smallest absolute Gasteiger partial charge is 0.308 e. The van der Waals surface area contributed by atoms with Crippen LogP contribution in [0, 0.1) is 5.92 Å². The number of esters is 1. The second-order valence-electron chi connectivity index (χ2n) is 10.8. The van der Waals surface area contributed by atoms with Gasteiger partial charge in [0, 0.05) is 5.92 Å². The zero-order valence-electron chi connectivity index (χ0n) is 19.9. The van der Waals surface area contributed by atoms with Crippen molar-refractivity contribution in [2.75, 3.05) is 6.61 Å². The third-order valence-corrected chi connectivity index (χ3v) is 7.85. The zero-order chi connectivity index (χ0) is 23.4. The maximum Gasteiger partial charge on any atom is 0.308 e. The molecule has 0 aromatic heterocycles. The molecule has 5 heteroatoms. The molecule has 0 atom stereocenters. The number of hydrogen-bond donors (Lipinski definition) is 0. The zero-order valence-corrected chi connectivity index (χ0v) is 20.7. The lowest BCUT2D eigenvalue weighted by Gasteiger charge is -2.32. The van der Waals surface area contributed by atoms with Crippen molar-refractivity contribution in [2.24, 2.45) is 5.92 Å². The molecule has 0 spiro atoms. The molecule has 1 aliphatic rings. The van der Waals surface area contributed by atoms with Gasteiger partial charge in [-0.2, -0.15) is 0 Å². The molecule has 31 heavy (non-hydrogen) atoms. The van der Waals surface area contributed by atoms with Crippen molar-refractivity contribution in [3.8, 4) is 0 Å². The first kappa shape index (κ1) is 23.5. The molecule has 0 N–H and O–H groups in total. The summed E-state index contributed by atoms with van der Waals surface area (Å²) in [7, 11) is -3.65. The summed E-state index contributed by atoms with van der Waals surface area (Å²) < 4.78 is 32.6. The summed E-state index contributed by atoms with van der Waals surface area (Å²) in [5, 5.41) is 0. The fourth-order valence-electron chi connectivity index (χ4n) is 3.86. The normalized spacial score (nSPS) is 16.0. The molecule has 0 bridgehead atoms. The quantitative estimate of drug-likeness (QED) is 0.567. The van der Waals surface area contributed by atoms with Crippen LogP contribution < -0.4 is 0 Å². The highest BCUT2D eigenvalue weighted by atomic mass is 32.2. The van der Waals surface area contributed by atoms with Gasteiger partial charge in [0.05, 0.1) is 15.7 Å². The first-order valence-electron chi connectivity index (χ1n) is 10.8. The SMILES string of the molecule is CC(C)C(=O)OCC1c2cc(C(C)(C)C)ccc2S(=O)(=O)c2ccc(C(C)(C)C)cc21. The molecule has 0 amide bonds. The van der Waals surface area contributed by atoms with Crippen molar-refractivity contribution < 1.29 is 17.9 Å². The van der Waals surface area contributed by atoms with Gasteiger partial charge >= 0.3 is 5.97 Å². The van der Waals surface area contributed by atoms with Crippen LogP contribution in [0.4, 0.5) is 0 Å². The van der Waals surface area contributed by atoms with Gasteiger partial charge in [-0.25, -0.2) is 8.42 Å². The van der Waals surface area contributed by atoms with Crippen LogP contribution in [0.3, 0.4) is 0 Å². The molecule has 2 aromatic rings. The van der Waals surface area contributed by atoms with E-state index in [1.807, 2.05) is 24.3 Å². The monoisotopic (exact) mass is 442 g/mol. The number of benzene rings is 2. The number of ether oxygens (including phenoxy) is 1. The molecule has 0 saturated heterocycles. The van der Waals surface area contributed by atoms with E-state index in [-0.39, 0.29) is 35.2 Å². The summed E-state index contributed by atoms with van der Waals surface area (Å²) in [6, 6.07) is 11.2. The van der Waals surface area contributed by atoms with E-state index in [2.05, 4.69) is 41.5 Å². The van der Waals surface area contributed by atoms with Crippen molar-refractivity contribution in [1.29, 1.82) is 0 Å².